The molecule has 510 valence electrons. The molecule has 9 aliphatic carbocycles. The molecule has 0 radical (unpaired) electrons. The van der Waals surface area contributed by atoms with Crippen LogP contribution < -0.4 is 0 Å². The van der Waals surface area contributed by atoms with Crippen molar-refractivity contribution in [1.29, 1.82) is 0 Å². The lowest BCUT2D eigenvalue weighted by Gasteiger charge is -2.47. The molecule has 0 nitrogen and oxygen atoms in total. The molecular weight excluding hydrogens is 1080 g/mol. The zero-order chi connectivity index (χ0) is 66.1. The summed E-state index contributed by atoms with van der Waals surface area (Å²) in [7, 11) is 0. The molecule has 6 unspecified atom stereocenters. The molecule has 7 saturated carbocycles. The highest BCUT2D eigenvalue weighted by molar-refractivity contribution is 5.77. The normalized spacial score (nSPS) is 27.7. The summed E-state index contributed by atoms with van der Waals surface area (Å²) in [4.78, 5) is 0. The van der Waals surface area contributed by atoms with Gasteiger partial charge in [0, 0.05) is 0 Å². The van der Waals surface area contributed by atoms with Crippen LogP contribution in [0.1, 0.15) is 378 Å². The maximum atomic E-state index is 2.55. The number of fused-ring (bicyclic) bond motifs is 7. The van der Waals surface area contributed by atoms with Gasteiger partial charge < -0.3 is 0 Å². The van der Waals surface area contributed by atoms with Gasteiger partial charge in [0.05, 0.1) is 0 Å². The van der Waals surface area contributed by atoms with Crippen LogP contribution in [0.4, 0.5) is 0 Å². The van der Waals surface area contributed by atoms with Crippen LogP contribution in [0.2, 0.25) is 0 Å². The third kappa shape index (κ3) is 19.7. The third-order valence-electron chi connectivity index (χ3n) is 27.2. The molecule has 12 rings (SSSR count). The number of hydrogen-bond donors (Lipinski definition) is 0. The highest BCUT2D eigenvalue weighted by atomic mass is 14.7. The summed E-state index contributed by atoms with van der Waals surface area (Å²) in [6.45, 7) is 53.3. The molecule has 0 heterocycles. The third-order valence-corrected chi connectivity index (χ3v) is 27.2. The van der Waals surface area contributed by atoms with Crippen LogP contribution in [-0.4, -0.2) is 0 Å². The molecule has 90 heavy (non-hydrogen) atoms. The Morgan fingerprint density at radius 2 is 0.933 bits per heavy atom. The lowest BCUT2D eigenvalue weighted by atomic mass is 9.59. The van der Waals surface area contributed by atoms with Crippen LogP contribution >= 0.6 is 0 Å². The SMILES string of the molecule is CC(C)(C)C(C1CCCCC1)C1CCCCC1.CC(C)(C)C1CCCC2CCCCC21.CC(C)(C)C1CCCCCCC1.CC(C)(C)C1CCCc2ccccc21.CC(C)(C)C1C[C@@H]2CC[C@@]1(C)C2(C)C.CC(c1ccc2c(c1)Cc1ccccc1-2)C(C)(C)C. The second kappa shape index (κ2) is 31.7. The van der Waals surface area contributed by atoms with Gasteiger partial charge in [-0.25, -0.2) is 0 Å². The highest BCUT2D eigenvalue weighted by Crippen LogP contribution is 2.71. The van der Waals surface area contributed by atoms with Gasteiger partial charge in [0.1, 0.15) is 0 Å². The Labute approximate surface area is 562 Å². The minimum absolute atomic E-state index is 0.319. The molecule has 0 aliphatic heterocycles. The van der Waals surface area contributed by atoms with Crippen molar-refractivity contribution in [2.75, 3.05) is 0 Å². The van der Waals surface area contributed by atoms with Crippen molar-refractivity contribution in [2.45, 2.75) is 363 Å². The fourth-order valence-electron chi connectivity index (χ4n) is 21.2. The van der Waals surface area contributed by atoms with Gasteiger partial charge in [-0.2, -0.15) is 0 Å². The van der Waals surface area contributed by atoms with E-state index < -0.39 is 0 Å². The largest absolute Gasteiger partial charge is 0.0620 e. The standard InChI is InChI=1S/C19H22.C17H32.2C14H26.C14H20.C12H24/c1-13(19(2,3)4)14-9-10-18-16(11-14)12-15-7-5-6-8-17(15)18;1-17(2,3)16(14-10-6-4-7-11-14)15-12-8-5-9-13-15;1-12(2,3)11-9-10-7-8-14(11,6)13(10,4)5;2*1-14(2,3)13-10-6-8-11-7-4-5-9-12(11)13;1-12(2,3)11-9-7-5-4-6-8-10-11/h5-11,13H,12H2,1-4H3;14-16H,4-13H2,1-3H3;10-11H,7-9H2,1-6H3;11-13H,4-10H2,1-3H3;4-5,7,9,13H,6,8,10H2,1-3H3;11H,4-10H2,1-3H3/t;;10-,11?,14+;;;/m..0.../s1. The van der Waals surface area contributed by atoms with Gasteiger partial charge in [-0.15, -0.1) is 0 Å². The van der Waals surface area contributed by atoms with Crippen molar-refractivity contribution in [3.8, 4) is 11.1 Å². The maximum Gasteiger partial charge on any atom is -0.00134 e. The second-order valence-electron chi connectivity index (χ2n) is 39.6. The summed E-state index contributed by atoms with van der Waals surface area (Å²) < 4.78 is 0. The summed E-state index contributed by atoms with van der Waals surface area (Å²) in [5.74, 6) is 10.6. The number of hydrogen-bond acceptors (Lipinski definition) is 0. The average molecular weight is 1230 g/mol. The van der Waals surface area contributed by atoms with E-state index in [1.165, 1.54) is 220 Å². The molecule has 7 fully saturated rings. The highest BCUT2D eigenvalue weighted by Gasteiger charge is 2.63. The van der Waals surface area contributed by atoms with Crippen molar-refractivity contribution in [1.82, 2.24) is 0 Å². The number of rotatable bonds is 3. The molecule has 0 saturated heterocycles. The fourth-order valence-corrected chi connectivity index (χ4v) is 21.2. The van der Waals surface area contributed by atoms with E-state index in [0.717, 1.165) is 65.6 Å². The predicted molar refractivity (Wildman–Crippen MR) is 400 cm³/mol. The Bertz CT molecular complexity index is 2550. The van der Waals surface area contributed by atoms with Crippen LogP contribution in [0, 0.1) is 96.6 Å². The quantitative estimate of drug-likeness (QED) is 0.192. The van der Waals surface area contributed by atoms with Gasteiger partial charge in [0.2, 0.25) is 0 Å². The van der Waals surface area contributed by atoms with Gasteiger partial charge in [-0.1, -0.05) is 347 Å². The minimum Gasteiger partial charge on any atom is -0.0620 e. The van der Waals surface area contributed by atoms with E-state index in [1.54, 1.807) is 11.1 Å². The number of benzene rings is 3. The first-order valence-electron chi connectivity index (χ1n) is 39.3. The molecule has 0 N–H and O–H groups in total. The lowest BCUT2D eigenvalue weighted by molar-refractivity contribution is 0.0331. The minimum atomic E-state index is 0.319. The van der Waals surface area contributed by atoms with E-state index >= 15 is 0 Å². The van der Waals surface area contributed by atoms with Gasteiger partial charge in [-0.3, -0.25) is 0 Å². The summed E-state index contributed by atoms with van der Waals surface area (Å²) in [5.41, 5.74) is 14.5. The van der Waals surface area contributed by atoms with Crippen molar-refractivity contribution >= 4 is 0 Å². The Balaban J connectivity index is 0.000000155. The zero-order valence-corrected chi connectivity index (χ0v) is 64.1. The average Bonchev–Trinajstić information content (AvgIpc) is 1.55. The van der Waals surface area contributed by atoms with E-state index in [9.17, 15) is 0 Å². The Morgan fingerprint density at radius 3 is 1.44 bits per heavy atom. The molecular formula is C90H150. The molecule has 0 aromatic heterocycles. The van der Waals surface area contributed by atoms with E-state index in [2.05, 4.69) is 219 Å². The summed E-state index contributed by atoms with van der Waals surface area (Å²) in [6.07, 6.45) is 45.6. The van der Waals surface area contributed by atoms with Gasteiger partial charge >= 0.3 is 0 Å². The molecule has 0 spiro atoms. The Morgan fingerprint density at radius 1 is 0.422 bits per heavy atom. The van der Waals surface area contributed by atoms with Crippen molar-refractivity contribution in [3.63, 3.8) is 0 Å². The summed E-state index contributed by atoms with van der Waals surface area (Å²) >= 11 is 0. The Hall–Kier alpha value is -2.34. The maximum absolute atomic E-state index is 2.55. The summed E-state index contributed by atoms with van der Waals surface area (Å²) in [5, 5.41) is 0. The topological polar surface area (TPSA) is 0 Å². The molecule has 3 aromatic rings. The van der Waals surface area contributed by atoms with E-state index in [1.807, 2.05) is 0 Å². The van der Waals surface area contributed by atoms with E-state index in [-0.39, 0.29) is 0 Å². The van der Waals surface area contributed by atoms with Crippen LogP contribution in [-0.2, 0) is 12.8 Å². The van der Waals surface area contributed by atoms with Crippen LogP contribution in [0.3, 0.4) is 0 Å². The van der Waals surface area contributed by atoms with Gasteiger partial charge in [0.15, 0.2) is 0 Å². The first-order chi connectivity index (χ1) is 42.0. The molecule has 0 amide bonds. The number of aryl methyl sites for hydroxylation is 1. The van der Waals surface area contributed by atoms with Crippen molar-refractivity contribution < 1.29 is 0 Å². The van der Waals surface area contributed by atoms with E-state index in [4.69, 9.17) is 0 Å². The second-order valence-corrected chi connectivity index (χ2v) is 39.6. The van der Waals surface area contributed by atoms with Crippen LogP contribution in [0.15, 0.2) is 66.7 Å². The smallest absolute Gasteiger partial charge is 0.00134 e. The lowest BCUT2D eigenvalue weighted by Crippen LogP contribution is -2.38. The van der Waals surface area contributed by atoms with Crippen molar-refractivity contribution in [2.24, 2.45) is 96.6 Å². The summed E-state index contributed by atoms with van der Waals surface area (Å²) in [6, 6.07) is 24.8. The van der Waals surface area contributed by atoms with Crippen LogP contribution in [0.5, 0.6) is 0 Å². The van der Waals surface area contributed by atoms with Gasteiger partial charge in [-0.05, 0) is 218 Å². The predicted octanol–water partition coefficient (Wildman–Crippen LogP) is 28.9. The molecule has 0 heteroatoms. The van der Waals surface area contributed by atoms with E-state index in [0.29, 0.717) is 49.2 Å². The molecule has 8 atom stereocenters. The van der Waals surface area contributed by atoms with Crippen molar-refractivity contribution in [3.05, 3.63) is 94.5 Å². The fraction of sp³-hybridized carbons (Fsp3) is 0.800. The van der Waals surface area contributed by atoms with Gasteiger partial charge in [0.25, 0.3) is 0 Å². The van der Waals surface area contributed by atoms with Crippen LogP contribution in [0.25, 0.3) is 11.1 Å². The first kappa shape index (κ1) is 75.0. The monoisotopic (exact) mass is 1230 g/mol. The molecule has 9 aliphatic rings. The zero-order valence-electron chi connectivity index (χ0n) is 64.1. The molecule has 2 bridgehead atoms. The first-order valence-corrected chi connectivity index (χ1v) is 39.3. The Kier molecular flexibility index (Phi) is 26.4. The molecule has 3 aromatic carbocycles.